The number of hydrogen-bond acceptors (Lipinski definition) is 7. The lowest BCUT2D eigenvalue weighted by atomic mass is 10.1. The summed E-state index contributed by atoms with van der Waals surface area (Å²) in [6, 6.07) is 13.8. The van der Waals surface area contributed by atoms with Crippen molar-refractivity contribution in [3.63, 3.8) is 0 Å². The highest BCUT2D eigenvalue weighted by molar-refractivity contribution is 9.10. The van der Waals surface area contributed by atoms with E-state index in [1.54, 1.807) is 36.4 Å². The first-order valence-electron chi connectivity index (χ1n) is 7.64. The zero-order chi connectivity index (χ0) is 19.2. The van der Waals surface area contributed by atoms with Gasteiger partial charge in [-0.05, 0) is 35.5 Å². The maximum atomic E-state index is 11.9. The molecule has 27 heavy (non-hydrogen) atoms. The number of phenols is 1. The van der Waals surface area contributed by atoms with E-state index in [0.29, 0.717) is 16.7 Å². The summed E-state index contributed by atoms with van der Waals surface area (Å²) in [7, 11) is 0. The molecule has 0 radical (unpaired) electrons. The third-order valence-corrected chi connectivity index (χ3v) is 3.90. The molecule has 0 atom stereocenters. The number of hydrazone groups is 1. The molecule has 0 unspecified atom stereocenters. The van der Waals surface area contributed by atoms with Gasteiger partial charge >= 0.3 is 0 Å². The normalized spacial score (nSPS) is 10.7. The second kappa shape index (κ2) is 8.20. The van der Waals surface area contributed by atoms with E-state index in [1.165, 1.54) is 12.3 Å². The van der Waals surface area contributed by atoms with Crippen molar-refractivity contribution in [2.75, 3.05) is 0 Å². The van der Waals surface area contributed by atoms with Crippen LogP contribution >= 0.6 is 15.9 Å². The molecule has 1 heterocycles. The average Bonchev–Trinajstić information content (AvgIpc) is 3.12. The summed E-state index contributed by atoms with van der Waals surface area (Å²) in [4.78, 5) is 13.0. The van der Waals surface area contributed by atoms with E-state index in [0.717, 1.165) is 9.27 Å². The van der Waals surface area contributed by atoms with Gasteiger partial charge in [-0.3, -0.25) is 4.79 Å². The van der Waals surface area contributed by atoms with Crippen LogP contribution in [0.3, 0.4) is 0 Å². The number of hydrogen-bond donors (Lipinski definition) is 2. The molecule has 0 spiro atoms. The van der Waals surface area contributed by atoms with Crippen molar-refractivity contribution < 1.29 is 9.90 Å². The Labute approximate surface area is 162 Å². The van der Waals surface area contributed by atoms with Gasteiger partial charge in [0.1, 0.15) is 12.3 Å². The lowest BCUT2D eigenvalue weighted by Crippen LogP contribution is -2.24. The first kappa shape index (κ1) is 18.2. The molecule has 0 bridgehead atoms. The van der Waals surface area contributed by atoms with Crippen molar-refractivity contribution in [1.82, 2.24) is 25.6 Å². The maximum Gasteiger partial charge on any atom is 0.263 e. The van der Waals surface area contributed by atoms with E-state index in [-0.39, 0.29) is 18.1 Å². The minimum absolute atomic E-state index is 0.0370. The number of nitrogens with zero attached hydrogens (tertiary/aromatic N) is 6. The van der Waals surface area contributed by atoms with Gasteiger partial charge in [-0.2, -0.15) is 15.2 Å². The van der Waals surface area contributed by atoms with E-state index in [9.17, 15) is 9.90 Å². The van der Waals surface area contributed by atoms with Gasteiger partial charge in [0.2, 0.25) is 5.82 Å². The lowest BCUT2D eigenvalue weighted by Gasteiger charge is -2.00. The Bertz CT molecular complexity index is 1060. The summed E-state index contributed by atoms with van der Waals surface area (Å²) in [6.45, 7) is -0.205. The summed E-state index contributed by atoms with van der Waals surface area (Å²) in [5.41, 5.74) is 3.72. The molecule has 9 nitrogen and oxygen atoms in total. The number of benzene rings is 2. The van der Waals surface area contributed by atoms with E-state index < -0.39 is 5.91 Å². The van der Waals surface area contributed by atoms with Crippen molar-refractivity contribution in [1.29, 1.82) is 5.26 Å². The van der Waals surface area contributed by atoms with Crippen LogP contribution in [0.25, 0.3) is 11.4 Å². The Morgan fingerprint density at radius 1 is 1.37 bits per heavy atom. The van der Waals surface area contributed by atoms with Crippen molar-refractivity contribution in [2.45, 2.75) is 6.54 Å². The fraction of sp³-hybridized carbons (Fsp3) is 0.0588. The highest BCUT2D eigenvalue weighted by Crippen LogP contribution is 2.20. The predicted molar refractivity (Wildman–Crippen MR) is 99.5 cm³/mol. The third kappa shape index (κ3) is 4.53. The van der Waals surface area contributed by atoms with Gasteiger partial charge in [-0.1, -0.05) is 28.1 Å². The third-order valence-electron chi connectivity index (χ3n) is 3.41. The Balaban J connectivity index is 1.64. The quantitative estimate of drug-likeness (QED) is 0.473. The van der Waals surface area contributed by atoms with Crippen LogP contribution < -0.4 is 5.43 Å². The van der Waals surface area contributed by atoms with Gasteiger partial charge < -0.3 is 5.11 Å². The second-order valence-corrected chi connectivity index (χ2v) is 6.21. The molecule has 0 saturated carbocycles. The highest BCUT2D eigenvalue weighted by atomic mass is 79.9. The number of tetrazole rings is 1. The number of phenolic OH excluding ortho intramolecular Hbond substituents is 1. The van der Waals surface area contributed by atoms with Crippen molar-refractivity contribution in [2.24, 2.45) is 5.10 Å². The van der Waals surface area contributed by atoms with Crippen LogP contribution in [0.2, 0.25) is 0 Å². The Morgan fingerprint density at radius 3 is 3.00 bits per heavy atom. The molecule has 10 heteroatoms. The van der Waals surface area contributed by atoms with Crippen LogP contribution in [0.1, 0.15) is 11.1 Å². The van der Waals surface area contributed by atoms with Crippen molar-refractivity contribution in [3.8, 4) is 23.2 Å². The molecule has 2 N–H and O–H groups in total. The molecule has 2 aromatic carbocycles. The van der Waals surface area contributed by atoms with Crippen molar-refractivity contribution >= 4 is 28.1 Å². The fourth-order valence-corrected chi connectivity index (χ4v) is 2.54. The molecule has 0 aliphatic rings. The topological polar surface area (TPSA) is 129 Å². The van der Waals surface area contributed by atoms with Gasteiger partial charge in [-0.15, -0.1) is 10.2 Å². The largest absolute Gasteiger partial charge is 0.507 e. The van der Waals surface area contributed by atoms with Crippen LogP contribution in [-0.2, 0) is 11.3 Å². The summed E-state index contributed by atoms with van der Waals surface area (Å²) >= 11 is 3.29. The SMILES string of the molecule is N#Cc1ccccc1-c1nnn(CC(=O)N/N=C\c2cc(Br)ccc2O)n1. The van der Waals surface area contributed by atoms with E-state index in [2.05, 4.69) is 47.9 Å². The number of nitrogens with one attached hydrogen (secondary N) is 1. The van der Waals surface area contributed by atoms with Gasteiger partial charge in [-0.25, -0.2) is 5.43 Å². The zero-order valence-electron chi connectivity index (χ0n) is 13.7. The number of carbonyl (C=O) groups excluding carboxylic acids is 1. The van der Waals surface area contributed by atoms with Gasteiger partial charge in [0, 0.05) is 15.6 Å². The molecule has 0 aliphatic carbocycles. The lowest BCUT2D eigenvalue weighted by molar-refractivity contribution is -0.122. The molecule has 0 saturated heterocycles. The van der Waals surface area contributed by atoms with Gasteiger partial charge in [0.05, 0.1) is 17.8 Å². The van der Waals surface area contributed by atoms with Crippen LogP contribution in [-0.4, -0.2) is 37.4 Å². The van der Waals surface area contributed by atoms with Gasteiger partial charge in [0.25, 0.3) is 5.91 Å². The van der Waals surface area contributed by atoms with Crippen LogP contribution in [0.4, 0.5) is 0 Å². The summed E-state index contributed by atoms with van der Waals surface area (Å²) < 4.78 is 0.769. The molecule has 3 rings (SSSR count). The minimum atomic E-state index is -0.474. The second-order valence-electron chi connectivity index (χ2n) is 5.30. The summed E-state index contributed by atoms with van der Waals surface area (Å²) in [6.07, 6.45) is 1.32. The van der Waals surface area contributed by atoms with Crippen molar-refractivity contribution in [3.05, 3.63) is 58.1 Å². The smallest absolute Gasteiger partial charge is 0.263 e. The number of rotatable bonds is 5. The fourth-order valence-electron chi connectivity index (χ4n) is 2.16. The number of amides is 1. The molecule has 134 valence electrons. The average molecular weight is 426 g/mol. The van der Waals surface area contributed by atoms with Crippen LogP contribution in [0.5, 0.6) is 5.75 Å². The van der Waals surface area contributed by atoms with E-state index >= 15 is 0 Å². The number of aromatic hydroxyl groups is 1. The maximum absolute atomic E-state index is 11.9. The molecule has 1 amide bonds. The first-order chi connectivity index (χ1) is 13.1. The highest BCUT2D eigenvalue weighted by Gasteiger charge is 2.12. The van der Waals surface area contributed by atoms with Crippen LogP contribution in [0, 0.1) is 11.3 Å². The number of carbonyl (C=O) groups is 1. The summed E-state index contributed by atoms with van der Waals surface area (Å²) in [5, 5.41) is 34.4. The minimum Gasteiger partial charge on any atom is -0.507 e. The standard InChI is InChI=1S/C17H12BrN7O2/c18-13-5-6-15(26)12(7-13)9-20-21-16(27)10-25-23-17(22-24-25)14-4-2-1-3-11(14)8-19/h1-7,9,26H,10H2,(H,21,27)/b20-9-. The monoisotopic (exact) mass is 425 g/mol. The summed E-state index contributed by atoms with van der Waals surface area (Å²) in [5.74, 6) is -0.185. The van der Waals surface area contributed by atoms with E-state index in [1.807, 2.05) is 0 Å². The molecule has 0 aliphatic heterocycles. The predicted octanol–water partition coefficient (Wildman–Crippen LogP) is 1.83. The number of halogens is 1. The molecule has 0 fully saturated rings. The van der Waals surface area contributed by atoms with E-state index in [4.69, 9.17) is 5.26 Å². The zero-order valence-corrected chi connectivity index (χ0v) is 15.3. The number of nitriles is 1. The molecule has 1 aromatic heterocycles. The molecular formula is C17H12BrN7O2. The molecule has 3 aromatic rings. The van der Waals surface area contributed by atoms with Gasteiger partial charge in [0.15, 0.2) is 0 Å². The molecular weight excluding hydrogens is 414 g/mol. The first-order valence-corrected chi connectivity index (χ1v) is 8.44. The Morgan fingerprint density at radius 2 is 2.19 bits per heavy atom. The number of aromatic nitrogens is 4. The Kier molecular flexibility index (Phi) is 5.53. The Hall–Kier alpha value is -3.58. The van der Waals surface area contributed by atoms with Crippen LogP contribution in [0.15, 0.2) is 52.0 Å².